The van der Waals surface area contributed by atoms with Gasteiger partial charge in [0.05, 0.1) is 23.9 Å². The average molecular weight is 282 g/mol. The third kappa shape index (κ3) is 2.69. The lowest BCUT2D eigenvalue weighted by molar-refractivity contribution is 0.0992. The molecule has 4 heteroatoms. The van der Waals surface area contributed by atoms with Gasteiger partial charge in [0.15, 0.2) is 5.78 Å². The number of nitriles is 1. The fourth-order valence-corrected chi connectivity index (χ4v) is 1.76. The zero-order valence-corrected chi connectivity index (χ0v) is 10.5. The molecule has 0 saturated carbocycles. The number of benzene rings is 1. The van der Waals surface area contributed by atoms with E-state index in [1.165, 1.54) is 0 Å². The summed E-state index contributed by atoms with van der Waals surface area (Å²) < 4.78 is 0. The van der Waals surface area contributed by atoms with Crippen molar-refractivity contribution in [3.8, 4) is 6.07 Å². The molecule has 1 N–H and O–H groups in total. The summed E-state index contributed by atoms with van der Waals surface area (Å²) in [6.07, 6.45) is 0.175. The number of aliphatic hydroxyl groups is 1. The maximum absolute atomic E-state index is 12.0. The molecule has 3 nitrogen and oxygen atoms in total. The number of ketones is 1. The van der Waals surface area contributed by atoms with Crippen molar-refractivity contribution in [1.29, 1.82) is 5.26 Å². The molecule has 1 aromatic carbocycles. The predicted molar refractivity (Wildman–Crippen MR) is 64.4 cm³/mol. The molecule has 1 rings (SSSR count). The van der Waals surface area contributed by atoms with Crippen molar-refractivity contribution in [3.05, 3.63) is 34.9 Å². The number of Topliss-reactive ketones (excluding diaryl/α,β-unsaturated/α-hetero) is 1. The highest BCUT2D eigenvalue weighted by Gasteiger charge is 2.19. The zero-order valence-electron chi connectivity index (χ0n) is 8.90. The molecule has 0 spiro atoms. The van der Waals surface area contributed by atoms with Crippen molar-refractivity contribution in [2.75, 3.05) is 0 Å². The Balaban J connectivity index is 3.31. The number of carbonyl (C=O) groups is 1. The molecule has 0 aliphatic carbocycles. The van der Waals surface area contributed by atoms with Gasteiger partial charge in [0.2, 0.25) is 0 Å². The van der Waals surface area contributed by atoms with E-state index in [1.807, 2.05) is 6.07 Å². The third-order valence-electron chi connectivity index (χ3n) is 2.28. The second kappa shape index (κ2) is 5.78. The Kier molecular flexibility index (Phi) is 4.66. The molecule has 16 heavy (non-hydrogen) atoms. The van der Waals surface area contributed by atoms with E-state index in [1.54, 1.807) is 25.1 Å². The highest BCUT2D eigenvalue weighted by molar-refractivity contribution is 9.10. The summed E-state index contributed by atoms with van der Waals surface area (Å²) >= 11 is 3.21. The number of alkyl halides is 1. The van der Waals surface area contributed by atoms with Crippen molar-refractivity contribution in [1.82, 2.24) is 0 Å². The van der Waals surface area contributed by atoms with E-state index in [2.05, 4.69) is 15.9 Å². The van der Waals surface area contributed by atoms with Gasteiger partial charge in [-0.05, 0) is 18.1 Å². The molecule has 0 aromatic heterocycles. The fraction of sp³-hybridized carbons (Fsp3) is 0.333. The molecule has 0 amide bonds. The van der Waals surface area contributed by atoms with Crippen LogP contribution >= 0.6 is 15.9 Å². The van der Waals surface area contributed by atoms with Crippen LogP contribution in [-0.2, 0) is 13.0 Å². The van der Waals surface area contributed by atoms with E-state index in [0.29, 0.717) is 16.7 Å². The summed E-state index contributed by atoms with van der Waals surface area (Å²) in [5.41, 5.74) is 1.71. The SMILES string of the molecule is CC(Br)C(=O)c1c(CO)cccc1CC#N. The molecular weight excluding hydrogens is 270 g/mol. The smallest absolute Gasteiger partial charge is 0.176 e. The monoisotopic (exact) mass is 281 g/mol. The quantitative estimate of drug-likeness (QED) is 0.680. The van der Waals surface area contributed by atoms with Gasteiger partial charge in [-0.2, -0.15) is 5.26 Å². The van der Waals surface area contributed by atoms with E-state index in [4.69, 9.17) is 5.26 Å². The largest absolute Gasteiger partial charge is 0.392 e. The lowest BCUT2D eigenvalue weighted by Gasteiger charge is -2.12. The first-order chi connectivity index (χ1) is 7.61. The first-order valence-electron chi connectivity index (χ1n) is 4.88. The van der Waals surface area contributed by atoms with Crippen LogP contribution in [0.1, 0.15) is 28.4 Å². The second-order valence-corrected chi connectivity index (χ2v) is 4.80. The van der Waals surface area contributed by atoms with Crippen LogP contribution in [0.25, 0.3) is 0 Å². The number of aliphatic hydroxyl groups excluding tert-OH is 1. The van der Waals surface area contributed by atoms with E-state index in [9.17, 15) is 9.90 Å². The third-order valence-corrected chi connectivity index (χ3v) is 2.70. The molecule has 0 fully saturated rings. The maximum Gasteiger partial charge on any atom is 0.176 e. The van der Waals surface area contributed by atoms with Crippen LogP contribution in [0.3, 0.4) is 0 Å². The van der Waals surface area contributed by atoms with Gasteiger partial charge in [-0.1, -0.05) is 34.1 Å². The Hall–Kier alpha value is -1.18. The lowest BCUT2D eigenvalue weighted by Crippen LogP contribution is -2.15. The maximum atomic E-state index is 12.0. The predicted octanol–water partition coefficient (Wildman–Crippen LogP) is 2.21. The summed E-state index contributed by atoms with van der Waals surface area (Å²) in [4.78, 5) is 11.6. The Bertz CT molecular complexity index is 435. The van der Waals surface area contributed by atoms with Gasteiger partial charge in [-0.3, -0.25) is 4.79 Å². The molecule has 0 radical (unpaired) electrons. The van der Waals surface area contributed by atoms with E-state index in [0.717, 1.165) is 0 Å². The van der Waals surface area contributed by atoms with E-state index < -0.39 is 0 Å². The Labute approximate surface area is 103 Å². The minimum Gasteiger partial charge on any atom is -0.392 e. The summed E-state index contributed by atoms with van der Waals surface area (Å²) in [5.74, 6) is -0.102. The molecule has 0 heterocycles. The van der Waals surface area contributed by atoms with Crippen molar-refractivity contribution < 1.29 is 9.90 Å². The fourth-order valence-electron chi connectivity index (χ4n) is 1.53. The minimum atomic E-state index is -0.322. The number of hydrogen-bond donors (Lipinski definition) is 1. The van der Waals surface area contributed by atoms with Gasteiger partial charge in [-0.25, -0.2) is 0 Å². The number of carbonyl (C=O) groups excluding carboxylic acids is 1. The van der Waals surface area contributed by atoms with Crippen LogP contribution < -0.4 is 0 Å². The molecular formula is C12H12BrNO2. The number of nitrogens with zero attached hydrogens (tertiary/aromatic N) is 1. The molecule has 1 atom stereocenters. The first kappa shape index (κ1) is 12.9. The minimum absolute atomic E-state index is 0.102. The Morgan fingerprint density at radius 3 is 2.69 bits per heavy atom. The van der Waals surface area contributed by atoms with Crippen molar-refractivity contribution in [2.45, 2.75) is 24.8 Å². The highest BCUT2D eigenvalue weighted by Crippen LogP contribution is 2.20. The Morgan fingerprint density at radius 1 is 1.56 bits per heavy atom. The van der Waals surface area contributed by atoms with Gasteiger partial charge in [0, 0.05) is 5.56 Å². The van der Waals surface area contributed by atoms with Crippen molar-refractivity contribution in [2.24, 2.45) is 0 Å². The van der Waals surface area contributed by atoms with Gasteiger partial charge in [-0.15, -0.1) is 0 Å². The molecule has 0 saturated heterocycles. The summed E-state index contributed by atoms with van der Waals surface area (Å²) in [5, 5.41) is 17.9. The van der Waals surface area contributed by atoms with Crippen LogP contribution in [0.2, 0.25) is 0 Å². The van der Waals surface area contributed by atoms with Crippen LogP contribution in [0.15, 0.2) is 18.2 Å². The topological polar surface area (TPSA) is 61.1 Å². The van der Waals surface area contributed by atoms with Crippen molar-refractivity contribution >= 4 is 21.7 Å². The summed E-state index contributed by atoms with van der Waals surface area (Å²) in [6.45, 7) is 1.53. The number of hydrogen-bond acceptors (Lipinski definition) is 3. The highest BCUT2D eigenvalue weighted by atomic mass is 79.9. The molecule has 1 unspecified atom stereocenters. The van der Waals surface area contributed by atoms with Crippen LogP contribution in [-0.4, -0.2) is 15.7 Å². The Morgan fingerprint density at radius 2 is 2.19 bits per heavy atom. The van der Waals surface area contributed by atoms with Crippen LogP contribution in [0.4, 0.5) is 0 Å². The molecule has 0 aliphatic rings. The first-order valence-corrected chi connectivity index (χ1v) is 5.80. The molecule has 0 bridgehead atoms. The van der Waals surface area contributed by atoms with Crippen LogP contribution in [0.5, 0.6) is 0 Å². The van der Waals surface area contributed by atoms with E-state index in [-0.39, 0.29) is 23.6 Å². The standard InChI is InChI=1S/C12H12BrNO2/c1-8(13)12(16)11-9(5-6-14)3-2-4-10(11)7-15/h2-4,8,15H,5,7H2,1H3. The van der Waals surface area contributed by atoms with Gasteiger partial charge >= 0.3 is 0 Å². The summed E-state index contributed by atoms with van der Waals surface area (Å²) in [6, 6.07) is 7.20. The molecule has 84 valence electrons. The number of halogens is 1. The molecule has 1 aromatic rings. The van der Waals surface area contributed by atoms with Crippen LogP contribution in [0, 0.1) is 11.3 Å². The molecule has 0 aliphatic heterocycles. The summed E-state index contributed by atoms with van der Waals surface area (Å²) in [7, 11) is 0. The van der Waals surface area contributed by atoms with Crippen molar-refractivity contribution in [3.63, 3.8) is 0 Å². The number of rotatable bonds is 4. The van der Waals surface area contributed by atoms with Gasteiger partial charge in [0.1, 0.15) is 0 Å². The lowest BCUT2D eigenvalue weighted by atomic mass is 9.95. The van der Waals surface area contributed by atoms with E-state index >= 15 is 0 Å². The normalized spacial score (nSPS) is 11.9. The van der Waals surface area contributed by atoms with Gasteiger partial charge < -0.3 is 5.11 Å². The van der Waals surface area contributed by atoms with Gasteiger partial charge in [0.25, 0.3) is 0 Å². The average Bonchev–Trinajstić information content (AvgIpc) is 2.28. The second-order valence-electron chi connectivity index (χ2n) is 3.42. The zero-order chi connectivity index (χ0) is 12.1.